The van der Waals surface area contributed by atoms with Crippen LogP contribution in [0.5, 0.6) is 0 Å². The second-order valence-electron chi connectivity index (χ2n) is 6.05. The molecule has 5 heteroatoms. The molecule has 1 unspecified atom stereocenters. The van der Waals surface area contributed by atoms with Crippen molar-refractivity contribution in [2.45, 2.75) is 57.4 Å². The van der Waals surface area contributed by atoms with Crippen molar-refractivity contribution >= 4 is 22.4 Å². The molecule has 0 aromatic carbocycles. The van der Waals surface area contributed by atoms with Crippen LogP contribution in [0.25, 0.3) is 0 Å². The first-order chi connectivity index (χ1) is 9.74. The number of nitrogens with two attached hydrogens (primary N) is 1. The lowest BCUT2D eigenvalue weighted by Crippen LogP contribution is -2.41. The number of thiazole rings is 1. The first-order valence-electron chi connectivity index (χ1n) is 7.73. The highest BCUT2D eigenvalue weighted by atomic mass is 32.1. The quantitative estimate of drug-likeness (QED) is 0.932. The molecule has 2 fully saturated rings. The second-order valence-corrected chi connectivity index (χ2v) is 6.94. The third kappa shape index (κ3) is 2.97. The van der Waals surface area contributed by atoms with Crippen LogP contribution in [0.4, 0.5) is 5.13 Å². The maximum Gasteiger partial charge on any atom is 0.228 e. The van der Waals surface area contributed by atoms with E-state index in [1.54, 1.807) is 0 Å². The smallest absolute Gasteiger partial charge is 0.228 e. The van der Waals surface area contributed by atoms with E-state index in [2.05, 4.69) is 9.88 Å². The van der Waals surface area contributed by atoms with Gasteiger partial charge in [0.25, 0.3) is 0 Å². The van der Waals surface area contributed by atoms with Gasteiger partial charge in [-0.1, -0.05) is 19.3 Å². The van der Waals surface area contributed by atoms with E-state index in [0.717, 1.165) is 24.6 Å². The maximum absolute atomic E-state index is 12.5. The summed E-state index contributed by atoms with van der Waals surface area (Å²) in [4.78, 5) is 18.9. The number of nitrogen functional groups attached to an aromatic ring is 1. The molecule has 1 amide bonds. The molecule has 2 aliphatic rings. The van der Waals surface area contributed by atoms with Gasteiger partial charge in [0, 0.05) is 18.0 Å². The molecule has 1 saturated carbocycles. The minimum Gasteiger partial charge on any atom is -0.375 e. The van der Waals surface area contributed by atoms with Crippen LogP contribution in [0.2, 0.25) is 0 Å². The number of nitrogens with zero attached hydrogens (tertiary/aromatic N) is 2. The third-order valence-corrected chi connectivity index (χ3v) is 5.44. The lowest BCUT2D eigenvalue weighted by molar-refractivity contribution is -0.132. The molecule has 1 saturated heterocycles. The summed E-state index contributed by atoms with van der Waals surface area (Å²) in [6.45, 7) is 0.930. The first-order valence-corrected chi connectivity index (χ1v) is 8.61. The van der Waals surface area contributed by atoms with Crippen molar-refractivity contribution in [1.82, 2.24) is 9.88 Å². The number of hydrogen-bond acceptors (Lipinski definition) is 4. The summed E-state index contributed by atoms with van der Waals surface area (Å²) in [6, 6.07) is 0.485. The normalized spacial score (nSPS) is 24.2. The topological polar surface area (TPSA) is 59.2 Å². The predicted molar refractivity (Wildman–Crippen MR) is 81.5 cm³/mol. The fraction of sp³-hybridized carbons (Fsp3) is 0.733. The molecule has 0 bridgehead atoms. The Morgan fingerprint density at radius 3 is 2.80 bits per heavy atom. The van der Waals surface area contributed by atoms with Gasteiger partial charge in [-0.05, 0) is 31.6 Å². The Morgan fingerprint density at radius 1 is 1.30 bits per heavy atom. The van der Waals surface area contributed by atoms with E-state index < -0.39 is 0 Å². The van der Waals surface area contributed by atoms with E-state index in [9.17, 15) is 4.79 Å². The number of aromatic nitrogens is 1. The van der Waals surface area contributed by atoms with Crippen LogP contribution in [0.1, 0.15) is 50.6 Å². The lowest BCUT2D eigenvalue weighted by Gasteiger charge is -2.34. The summed E-state index contributed by atoms with van der Waals surface area (Å²) in [5.41, 5.74) is 6.46. The monoisotopic (exact) mass is 293 g/mol. The predicted octanol–water partition coefficient (Wildman–Crippen LogP) is 2.84. The Balaban J connectivity index is 1.63. The summed E-state index contributed by atoms with van der Waals surface area (Å²) in [5, 5.41) is 2.46. The molecule has 2 heterocycles. The van der Waals surface area contributed by atoms with Crippen molar-refractivity contribution in [3.63, 3.8) is 0 Å². The number of likely N-dealkylation sites (tertiary alicyclic amines) is 1. The summed E-state index contributed by atoms with van der Waals surface area (Å²) in [6.07, 6.45) is 9.42. The van der Waals surface area contributed by atoms with Crippen LogP contribution in [0.15, 0.2) is 5.38 Å². The molecule has 1 aliphatic heterocycles. The highest BCUT2D eigenvalue weighted by Gasteiger charge is 2.35. The molecule has 1 aromatic rings. The molecule has 2 N–H and O–H groups in total. The molecule has 1 aromatic heterocycles. The van der Waals surface area contributed by atoms with Gasteiger partial charge in [0.05, 0.1) is 12.1 Å². The van der Waals surface area contributed by atoms with Gasteiger partial charge in [-0.3, -0.25) is 4.79 Å². The Labute approximate surface area is 124 Å². The molecule has 3 rings (SSSR count). The van der Waals surface area contributed by atoms with E-state index in [0.29, 0.717) is 17.6 Å². The molecule has 1 aliphatic carbocycles. The van der Waals surface area contributed by atoms with Crippen molar-refractivity contribution in [2.24, 2.45) is 5.92 Å². The average Bonchev–Trinajstić information content (AvgIpc) is 3.09. The van der Waals surface area contributed by atoms with Crippen LogP contribution >= 0.6 is 11.3 Å². The molecule has 4 nitrogen and oxygen atoms in total. The van der Waals surface area contributed by atoms with E-state index in [-0.39, 0.29) is 5.91 Å². The zero-order valence-electron chi connectivity index (χ0n) is 11.9. The van der Waals surface area contributed by atoms with Gasteiger partial charge >= 0.3 is 0 Å². The maximum atomic E-state index is 12.5. The average molecular weight is 293 g/mol. The van der Waals surface area contributed by atoms with E-state index in [1.807, 2.05) is 5.38 Å². The van der Waals surface area contributed by atoms with Crippen molar-refractivity contribution < 1.29 is 4.79 Å². The fourth-order valence-corrected chi connectivity index (χ4v) is 4.33. The highest BCUT2D eigenvalue weighted by Crippen LogP contribution is 2.34. The summed E-state index contributed by atoms with van der Waals surface area (Å²) in [5.74, 6) is 0.971. The van der Waals surface area contributed by atoms with Gasteiger partial charge in [0.2, 0.25) is 5.91 Å². The Bertz CT molecular complexity index is 467. The highest BCUT2D eigenvalue weighted by molar-refractivity contribution is 7.13. The van der Waals surface area contributed by atoms with E-state index in [4.69, 9.17) is 5.73 Å². The number of carbonyl (C=O) groups is 1. The molecular weight excluding hydrogens is 270 g/mol. The number of anilines is 1. The van der Waals surface area contributed by atoms with Crippen LogP contribution in [0.3, 0.4) is 0 Å². The molecule has 0 radical (unpaired) electrons. The van der Waals surface area contributed by atoms with Gasteiger partial charge in [0.1, 0.15) is 0 Å². The molecule has 20 heavy (non-hydrogen) atoms. The van der Waals surface area contributed by atoms with E-state index >= 15 is 0 Å². The zero-order chi connectivity index (χ0) is 13.9. The Hall–Kier alpha value is -1.10. The van der Waals surface area contributed by atoms with E-state index in [1.165, 1.54) is 49.9 Å². The molecule has 1 atom stereocenters. The Kier molecular flexibility index (Phi) is 4.24. The number of rotatable bonds is 3. The van der Waals surface area contributed by atoms with Crippen molar-refractivity contribution in [1.29, 1.82) is 0 Å². The first kappa shape index (κ1) is 13.9. The van der Waals surface area contributed by atoms with Crippen LogP contribution in [-0.4, -0.2) is 28.4 Å². The van der Waals surface area contributed by atoms with Crippen molar-refractivity contribution in [3.05, 3.63) is 11.1 Å². The second kappa shape index (κ2) is 6.12. The summed E-state index contributed by atoms with van der Waals surface area (Å²) in [7, 11) is 0. The van der Waals surface area contributed by atoms with Crippen LogP contribution in [0, 0.1) is 5.92 Å². The van der Waals surface area contributed by atoms with Gasteiger partial charge in [0.15, 0.2) is 5.13 Å². The van der Waals surface area contributed by atoms with Crippen LogP contribution < -0.4 is 5.73 Å². The standard InChI is InChI=1S/C15H23N3OS/c16-15-17-12(10-20-15)9-14(19)18-8-4-7-13(18)11-5-2-1-3-6-11/h10-11,13H,1-9H2,(H2,16,17). The minimum absolute atomic E-state index is 0.239. The molecule has 110 valence electrons. The lowest BCUT2D eigenvalue weighted by atomic mass is 9.83. The van der Waals surface area contributed by atoms with Gasteiger partial charge < -0.3 is 10.6 Å². The fourth-order valence-electron chi connectivity index (χ4n) is 3.77. The largest absolute Gasteiger partial charge is 0.375 e. The molecule has 0 spiro atoms. The molecular formula is C15H23N3OS. The van der Waals surface area contributed by atoms with Gasteiger partial charge in [-0.2, -0.15) is 0 Å². The van der Waals surface area contributed by atoms with Crippen molar-refractivity contribution in [2.75, 3.05) is 12.3 Å². The third-order valence-electron chi connectivity index (χ3n) is 4.72. The number of amides is 1. The minimum atomic E-state index is 0.239. The van der Waals surface area contributed by atoms with Crippen LogP contribution in [-0.2, 0) is 11.2 Å². The number of hydrogen-bond donors (Lipinski definition) is 1. The summed E-state index contributed by atoms with van der Waals surface area (Å²) >= 11 is 1.41. The SMILES string of the molecule is Nc1nc(CC(=O)N2CCCC2C2CCCCC2)cs1. The van der Waals surface area contributed by atoms with Gasteiger partial charge in [-0.25, -0.2) is 4.98 Å². The summed E-state index contributed by atoms with van der Waals surface area (Å²) < 4.78 is 0. The van der Waals surface area contributed by atoms with Crippen molar-refractivity contribution in [3.8, 4) is 0 Å². The van der Waals surface area contributed by atoms with Gasteiger partial charge in [-0.15, -0.1) is 11.3 Å². The number of carbonyl (C=O) groups excluding carboxylic acids is 1. The zero-order valence-corrected chi connectivity index (χ0v) is 12.7. The Morgan fingerprint density at radius 2 is 2.10 bits per heavy atom.